The van der Waals surface area contributed by atoms with Gasteiger partial charge < -0.3 is 5.11 Å². The summed E-state index contributed by atoms with van der Waals surface area (Å²) in [6.07, 6.45) is 1.31. The fourth-order valence-corrected chi connectivity index (χ4v) is 2.33. The number of hydrogen-bond acceptors (Lipinski definition) is 3. The Hall–Kier alpha value is -2.47. The highest BCUT2D eigenvalue weighted by atomic mass is 79.9. The lowest BCUT2D eigenvalue weighted by Crippen LogP contribution is -2.00. The molecule has 1 N–H and O–H groups in total. The Morgan fingerprint density at radius 1 is 1.14 bits per heavy atom. The third-order valence-electron chi connectivity index (χ3n) is 2.83. The maximum absolute atomic E-state index is 11.4. The number of carboxylic acid groups (broad SMARTS) is 1. The van der Waals surface area contributed by atoms with E-state index >= 15 is 0 Å². The van der Waals surface area contributed by atoms with Crippen molar-refractivity contribution >= 4 is 39.2 Å². The van der Waals surface area contributed by atoms with E-state index in [0.717, 1.165) is 0 Å². The van der Waals surface area contributed by atoms with Gasteiger partial charge in [0.2, 0.25) is 0 Å². The lowest BCUT2D eigenvalue weighted by molar-refractivity contribution is -0.385. The monoisotopic (exact) mass is 347 g/mol. The molecule has 0 saturated carbocycles. The predicted molar refractivity (Wildman–Crippen MR) is 82.7 cm³/mol. The number of aliphatic carboxylic acids is 1. The Morgan fingerprint density at radius 2 is 1.81 bits per heavy atom. The Morgan fingerprint density at radius 3 is 2.38 bits per heavy atom. The van der Waals surface area contributed by atoms with Gasteiger partial charge in [0.05, 0.1) is 16.1 Å². The largest absolute Gasteiger partial charge is 0.478 e. The fraction of sp³-hybridized carbons (Fsp3) is 0. The minimum absolute atomic E-state index is 0.00870. The molecule has 0 aliphatic heterocycles. The molecule has 2 aromatic rings. The summed E-state index contributed by atoms with van der Waals surface area (Å²) >= 11 is 3.22. The second-order valence-corrected chi connectivity index (χ2v) is 5.01. The first-order valence-electron chi connectivity index (χ1n) is 5.94. The van der Waals surface area contributed by atoms with Crippen molar-refractivity contribution in [3.8, 4) is 0 Å². The maximum atomic E-state index is 11.4. The van der Waals surface area contributed by atoms with Crippen molar-refractivity contribution in [3.63, 3.8) is 0 Å². The molecule has 0 aliphatic rings. The molecule has 0 bridgehead atoms. The van der Waals surface area contributed by atoms with E-state index in [1.807, 2.05) is 0 Å². The number of nitro benzene ring substituents is 1. The second kappa shape index (κ2) is 6.32. The van der Waals surface area contributed by atoms with Crippen LogP contribution in [0.5, 0.6) is 0 Å². The van der Waals surface area contributed by atoms with Crippen LogP contribution in [0.4, 0.5) is 5.69 Å². The molecule has 0 amide bonds. The summed E-state index contributed by atoms with van der Waals surface area (Å²) in [5.74, 6) is -1.15. The first-order chi connectivity index (χ1) is 10.0. The van der Waals surface area contributed by atoms with Crippen LogP contribution in [-0.2, 0) is 4.79 Å². The van der Waals surface area contributed by atoms with E-state index in [0.29, 0.717) is 10.0 Å². The van der Waals surface area contributed by atoms with Crippen LogP contribution in [0.1, 0.15) is 11.1 Å². The highest BCUT2D eigenvalue weighted by Gasteiger charge is 2.18. The average Bonchev–Trinajstić information content (AvgIpc) is 2.46. The molecule has 0 saturated heterocycles. The van der Waals surface area contributed by atoms with E-state index < -0.39 is 10.9 Å². The highest BCUT2D eigenvalue weighted by molar-refractivity contribution is 9.10. The van der Waals surface area contributed by atoms with E-state index in [2.05, 4.69) is 15.9 Å². The van der Waals surface area contributed by atoms with Crippen molar-refractivity contribution in [1.29, 1.82) is 0 Å². The molecule has 0 radical (unpaired) electrons. The molecule has 0 aromatic heterocycles. The lowest BCUT2D eigenvalue weighted by Gasteiger charge is -2.05. The van der Waals surface area contributed by atoms with Crippen molar-refractivity contribution in [2.75, 3.05) is 0 Å². The first kappa shape index (κ1) is 14.9. The highest BCUT2D eigenvalue weighted by Crippen LogP contribution is 2.31. The van der Waals surface area contributed by atoms with Gasteiger partial charge in [-0.3, -0.25) is 10.1 Å². The normalized spacial score (nSPS) is 11.2. The molecule has 21 heavy (non-hydrogen) atoms. The van der Waals surface area contributed by atoms with Crippen LogP contribution >= 0.6 is 15.9 Å². The van der Waals surface area contributed by atoms with Gasteiger partial charge in [0, 0.05) is 10.5 Å². The van der Waals surface area contributed by atoms with Gasteiger partial charge in [0.25, 0.3) is 5.69 Å². The molecule has 106 valence electrons. The van der Waals surface area contributed by atoms with Gasteiger partial charge in [0.15, 0.2) is 0 Å². The minimum atomic E-state index is -1.15. The molecule has 0 unspecified atom stereocenters. The van der Waals surface area contributed by atoms with Gasteiger partial charge >= 0.3 is 5.97 Å². The molecular formula is C15H10BrNO4. The Labute approximate surface area is 128 Å². The molecule has 0 spiro atoms. The van der Waals surface area contributed by atoms with E-state index in [4.69, 9.17) is 0 Å². The van der Waals surface area contributed by atoms with Crippen molar-refractivity contribution in [1.82, 2.24) is 0 Å². The van der Waals surface area contributed by atoms with E-state index in [9.17, 15) is 20.0 Å². The van der Waals surface area contributed by atoms with Crippen LogP contribution < -0.4 is 0 Å². The molecule has 0 fully saturated rings. The van der Waals surface area contributed by atoms with Crippen LogP contribution in [0, 0.1) is 10.1 Å². The summed E-state index contributed by atoms with van der Waals surface area (Å²) in [7, 11) is 0. The van der Waals surface area contributed by atoms with Crippen LogP contribution in [0.15, 0.2) is 53.0 Å². The van der Waals surface area contributed by atoms with Crippen molar-refractivity contribution < 1.29 is 14.8 Å². The second-order valence-electron chi connectivity index (χ2n) is 4.16. The third kappa shape index (κ3) is 3.35. The molecule has 5 nitrogen and oxygen atoms in total. The molecule has 0 heterocycles. The van der Waals surface area contributed by atoms with Crippen LogP contribution in [0.2, 0.25) is 0 Å². The number of hydrogen-bond donors (Lipinski definition) is 1. The number of carbonyl (C=O) groups is 1. The van der Waals surface area contributed by atoms with Gasteiger partial charge in [-0.25, -0.2) is 4.79 Å². The molecular weight excluding hydrogens is 338 g/mol. The molecule has 2 aromatic carbocycles. The summed E-state index contributed by atoms with van der Waals surface area (Å²) in [5, 5.41) is 20.4. The fourth-order valence-electron chi connectivity index (χ4n) is 1.86. The standard InChI is InChI=1S/C15H10BrNO4/c16-13-7-4-8-14(17(20)21)12(13)9-11(15(18)19)10-5-2-1-3-6-10/h1-9H,(H,18,19). The number of nitro groups is 1. The topological polar surface area (TPSA) is 80.4 Å². The molecule has 2 rings (SSSR count). The summed E-state index contributed by atoms with van der Waals surface area (Å²) in [6, 6.07) is 13.0. The smallest absolute Gasteiger partial charge is 0.336 e. The zero-order valence-corrected chi connectivity index (χ0v) is 12.3. The number of benzene rings is 2. The maximum Gasteiger partial charge on any atom is 0.336 e. The van der Waals surface area contributed by atoms with Crippen molar-refractivity contribution in [2.24, 2.45) is 0 Å². The molecule has 0 aliphatic carbocycles. The van der Waals surface area contributed by atoms with Crippen LogP contribution in [0.3, 0.4) is 0 Å². The number of nitrogens with zero attached hydrogens (tertiary/aromatic N) is 1. The van der Waals surface area contributed by atoms with Gasteiger partial charge in [-0.15, -0.1) is 0 Å². The molecule has 0 atom stereocenters. The van der Waals surface area contributed by atoms with Crippen LogP contribution in [0.25, 0.3) is 11.6 Å². The number of rotatable bonds is 4. The van der Waals surface area contributed by atoms with Gasteiger partial charge in [-0.05, 0) is 33.6 Å². The van der Waals surface area contributed by atoms with Gasteiger partial charge in [-0.2, -0.15) is 0 Å². The van der Waals surface area contributed by atoms with Crippen molar-refractivity contribution in [2.45, 2.75) is 0 Å². The van der Waals surface area contributed by atoms with E-state index in [1.165, 1.54) is 18.2 Å². The first-order valence-corrected chi connectivity index (χ1v) is 6.73. The predicted octanol–water partition coefficient (Wildman–Crippen LogP) is 3.98. The molecule has 6 heteroatoms. The Kier molecular flexibility index (Phi) is 4.49. The average molecular weight is 348 g/mol. The Bertz CT molecular complexity index is 726. The summed E-state index contributed by atoms with van der Waals surface area (Å²) in [5.41, 5.74) is 0.545. The van der Waals surface area contributed by atoms with Gasteiger partial charge in [0.1, 0.15) is 0 Å². The zero-order chi connectivity index (χ0) is 15.4. The lowest BCUT2D eigenvalue weighted by atomic mass is 10.0. The summed E-state index contributed by atoms with van der Waals surface area (Å²) in [6.45, 7) is 0. The number of carboxylic acids is 1. The van der Waals surface area contributed by atoms with Crippen molar-refractivity contribution in [3.05, 3.63) is 74.2 Å². The minimum Gasteiger partial charge on any atom is -0.478 e. The summed E-state index contributed by atoms with van der Waals surface area (Å²) in [4.78, 5) is 22.0. The van der Waals surface area contributed by atoms with E-state index in [1.54, 1.807) is 36.4 Å². The SMILES string of the molecule is O=C(O)C(=Cc1c(Br)cccc1[N+](=O)[O-])c1ccccc1. The third-order valence-corrected chi connectivity index (χ3v) is 3.52. The van der Waals surface area contributed by atoms with Crippen LogP contribution in [-0.4, -0.2) is 16.0 Å². The summed E-state index contributed by atoms with van der Waals surface area (Å²) < 4.78 is 0.464. The van der Waals surface area contributed by atoms with Gasteiger partial charge in [-0.1, -0.05) is 36.4 Å². The van der Waals surface area contributed by atoms with E-state index in [-0.39, 0.29) is 16.8 Å². The zero-order valence-electron chi connectivity index (χ0n) is 10.7. The quantitative estimate of drug-likeness (QED) is 0.392. The number of halogens is 1. The Balaban J connectivity index is 2.65.